The second-order valence-corrected chi connectivity index (χ2v) is 8.26. The van der Waals surface area contributed by atoms with Gasteiger partial charge in [0.05, 0.1) is 17.3 Å². The van der Waals surface area contributed by atoms with Gasteiger partial charge < -0.3 is 19.3 Å². The number of fused-ring (bicyclic) bond motifs is 1. The summed E-state index contributed by atoms with van der Waals surface area (Å²) in [5.41, 5.74) is 1.97. The zero-order valence-corrected chi connectivity index (χ0v) is 17.9. The molecule has 2 heterocycles. The molecule has 1 saturated heterocycles. The predicted molar refractivity (Wildman–Crippen MR) is 117 cm³/mol. The van der Waals surface area contributed by atoms with E-state index in [0.717, 1.165) is 44.8 Å². The zero-order chi connectivity index (χ0) is 20.4. The maximum Gasteiger partial charge on any atom is 0.260 e. The minimum Gasteiger partial charge on any atom is -0.497 e. The molecule has 29 heavy (non-hydrogen) atoms. The minimum atomic E-state index is -0.00704. The maximum atomic E-state index is 12.5. The van der Waals surface area contributed by atoms with Crippen molar-refractivity contribution in [3.8, 4) is 11.5 Å². The number of amides is 1. The summed E-state index contributed by atoms with van der Waals surface area (Å²) in [4.78, 5) is 21.3. The monoisotopic (exact) mass is 431 g/mol. The van der Waals surface area contributed by atoms with Gasteiger partial charge in [-0.05, 0) is 48.9 Å². The lowest BCUT2D eigenvalue weighted by Crippen LogP contribution is -2.50. The van der Waals surface area contributed by atoms with Crippen LogP contribution >= 0.6 is 22.9 Å². The van der Waals surface area contributed by atoms with Gasteiger partial charge in [0.2, 0.25) is 0 Å². The number of piperazine rings is 1. The molecule has 0 radical (unpaired) electrons. The van der Waals surface area contributed by atoms with Gasteiger partial charge in [-0.25, -0.2) is 4.98 Å². The third-order valence-corrected chi connectivity index (χ3v) is 6.55. The number of benzene rings is 2. The number of methoxy groups -OCH3 is 1. The Bertz CT molecular complexity index is 1010. The Morgan fingerprint density at radius 2 is 1.79 bits per heavy atom. The third kappa shape index (κ3) is 4.26. The van der Waals surface area contributed by atoms with E-state index < -0.39 is 0 Å². The van der Waals surface area contributed by atoms with Gasteiger partial charge in [-0.2, -0.15) is 0 Å². The van der Waals surface area contributed by atoms with Crippen LogP contribution in [0.15, 0.2) is 36.4 Å². The highest BCUT2D eigenvalue weighted by Crippen LogP contribution is 2.33. The van der Waals surface area contributed by atoms with E-state index in [-0.39, 0.29) is 12.5 Å². The van der Waals surface area contributed by atoms with Gasteiger partial charge in [0.25, 0.3) is 5.91 Å². The van der Waals surface area contributed by atoms with Crippen LogP contribution in [0.5, 0.6) is 11.5 Å². The Labute approximate surface area is 178 Å². The first-order valence-electron chi connectivity index (χ1n) is 9.40. The number of anilines is 1. The highest BCUT2D eigenvalue weighted by molar-refractivity contribution is 7.22. The zero-order valence-electron chi connectivity index (χ0n) is 16.4. The average molecular weight is 432 g/mol. The molecule has 0 atom stereocenters. The molecule has 2 aromatic carbocycles. The van der Waals surface area contributed by atoms with Gasteiger partial charge in [-0.15, -0.1) is 0 Å². The molecule has 0 spiro atoms. The summed E-state index contributed by atoms with van der Waals surface area (Å²) in [6.45, 7) is 4.83. The molecule has 4 rings (SSSR count). The molecule has 0 unspecified atom stereocenters. The number of hydrogen-bond acceptors (Lipinski definition) is 6. The van der Waals surface area contributed by atoms with Crippen molar-refractivity contribution in [1.29, 1.82) is 0 Å². The van der Waals surface area contributed by atoms with Gasteiger partial charge >= 0.3 is 0 Å². The Kier molecular flexibility index (Phi) is 5.78. The molecule has 8 heteroatoms. The molecule has 1 aromatic heterocycles. The number of aryl methyl sites for hydroxylation is 1. The first-order valence-corrected chi connectivity index (χ1v) is 10.6. The Hall–Kier alpha value is -2.51. The average Bonchev–Trinajstić information content (AvgIpc) is 3.20. The molecule has 0 aliphatic carbocycles. The molecule has 3 aromatic rings. The number of carbonyl (C=O) groups is 1. The fraction of sp³-hybridized carbons (Fsp3) is 0.333. The number of nitrogens with zero attached hydrogens (tertiary/aromatic N) is 3. The number of carbonyl (C=O) groups excluding carboxylic acids is 1. The van der Waals surface area contributed by atoms with Crippen LogP contribution in [0.25, 0.3) is 10.2 Å². The van der Waals surface area contributed by atoms with E-state index in [1.54, 1.807) is 30.6 Å². The second-order valence-electron chi connectivity index (χ2n) is 6.85. The van der Waals surface area contributed by atoms with Crippen LogP contribution in [0.4, 0.5) is 5.13 Å². The van der Waals surface area contributed by atoms with Gasteiger partial charge in [-0.3, -0.25) is 4.79 Å². The fourth-order valence-corrected chi connectivity index (χ4v) is 4.51. The molecule has 1 aliphatic rings. The van der Waals surface area contributed by atoms with Crippen LogP contribution in [-0.4, -0.2) is 55.7 Å². The summed E-state index contributed by atoms with van der Waals surface area (Å²) in [5.74, 6) is 1.40. The molecule has 152 valence electrons. The topological polar surface area (TPSA) is 54.9 Å². The highest BCUT2D eigenvalue weighted by Gasteiger charge is 2.23. The van der Waals surface area contributed by atoms with Crippen LogP contribution in [0.3, 0.4) is 0 Å². The van der Waals surface area contributed by atoms with Crippen molar-refractivity contribution in [2.45, 2.75) is 6.92 Å². The normalized spacial score (nSPS) is 14.3. The van der Waals surface area contributed by atoms with E-state index in [2.05, 4.69) is 4.90 Å². The van der Waals surface area contributed by atoms with Crippen LogP contribution in [0.1, 0.15) is 5.56 Å². The summed E-state index contributed by atoms with van der Waals surface area (Å²) >= 11 is 7.88. The van der Waals surface area contributed by atoms with Crippen molar-refractivity contribution in [1.82, 2.24) is 9.88 Å². The number of hydrogen-bond donors (Lipinski definition) is 0. The van der Waals surface area contributed by atoms with E-state index in [4.69, 9.17) is 26.1 Å². The van der Waals surface area contributed by atoms with Crippen LogP contribution < -0.4 is 14.4 Å². The highest BCUT2D eigenvalue weighted by atomic mass is 35.5. The fourth-order valence-electron chi connectivity index (χ4n) is 3.28. The summed E-state index contributed by atoms with van der Waals surface area (Å²) in [6, 6.07) is 11.1. The number of halogens is 1. The molecule has 0 saturated carbocycles. The standard InChI is InChI=1S/C21H22ClN3O3S/c1-14-17(22)7-8-18-20(14)23-21(29-18)25-11-9-24(10-12-25)19(26)13-28-16-5-3-15(27-2)4-6-16/h3-8H,9-13H2,1-2H3. The quantitative estimate of drug-likeness (QED) is 0.611. The lowest BCUT2D eigenvalue weighted by atomic mass is 10.2. The van der Waals surface area contributed by atoms with Crippen molar-refractivity contribution < 1.29 is 14.3 Å². The summed E-state index contributed by atoms with van der Waals surface area (Å²) in [5, 5.41) is 1.72. The number of aromatic nitrogens is 1. The van der Waals surface area contributed by atoms with Gasteiger partial charge in [-0.1, -0.05) is 22.9 Å². The van der Waals surface area contributed by atoms with Crippen molar-refractivity contribution in [3.05, 3.63) is 47.0 Å². The molecule has 1 aliphatic heterocycles. The third-order valence-electron chi connectivity index (χ3n) is 5.06. The first-order chi connectivity index (χ1) is 14.0. The van der Waals surface area contributed by atoms with E-state index >= 15 is 0 Å². The first kappa shape index (κ1) is 19.8. The number of rotatable bonds is 5. The van der Waals surface area contributed by atoms with Gasteiger partial charge in [0.15, 0.2) is 11.7 Å². The van der Waals surface area contributed by atoms with Crippen LogP contribution in [0.2, 0.25) is 5.02 Å². The molecular formula is C21H22ClN3O3S. The molecule has 0 bridgehead atoms. The van der Waals surface area contributed by atoms with Crippen molar-refractivity contribution >= 4 is 44.2 Å². The molecular weight excluding hydrogens is 410 g/mol. The minimum absolute atomic E-state index is 0.00704. The number of thiazole rings is 1. The van der Waals surface area contributed by atoms with E-state index in [1.807, 2.05) is 36.1 Å². The summed E-state index contributed by atoms with van der Waals surface area (Å²) in [7, 11) is 1.61. The van der Waals surface area contributed by atoms with Gasteiger partial charge in [0, 0.05) is 31.2 Å². The molecule has 6 nitrogen and oxygen atoms in total. The van der Waals surface area contributed by atoms with Crippen molar-refractivity contribution in [2.75, 3.05) is 44.8 Å². The van der Waals surface area contributed by atoms with E-state index in [0.29, 0.717) is 18.8 Å². The van der Waals surface area contributed by atoms with Crippen LogP contribution in [-0.2, 0) is 4.79 Å². The lowest BCUT2D eigenvalue weighted by molar-refractivity contribution is -0.133. The maximum absolute atomic E-state index is 12.5. The van der Waals surface area contributed by atoms with Crippen molar-refractivity contribution in [2.24, 2.45) is 0 Å². The molecule has 1 fully saturated rings. The van der Waals surface area contributed by atoms with E-state index in [1.165, 1.54) is 0 Å². The van der Waals surface area contributed by atoms with Crippen molar-refractivity contribution in [3.63, 3.8) is 0 Å². The Morgan fingerprint density at radius 1 is 1.10 bits per heavy atom. The molecule has 0 N–H and O–H groups in total. The number of ether oxygens (including phenoxy) is 2. The smallest absolute Gasteiger partial charge is 0.260 e. The SMILES string of the molecule is COc1ccc(OCC(=O)N2CCN(c3nc4c(C)c(Cl)ccc4s3)CC2)cc1. The largest absolute Gasteiger partial charge is 0.497 e. The molecule has 1 amide bonds. The Balaban J connectivity index is 1.32. The summed E-state index contributed by atoms with van der Waals surface area (Å²) < 4.78 is 11.9. The van der Waals surface area contributed by atoms with Gasteiger partial charge in [0.1, 0.15) is 11.5 Å². The summed E-state index contributed by atoms with van der Waals surface area (Å²) in [6.07, 6.45) is 0. The van der Waals surface area contributed by atoms with Crippen LogP contribution in [0, 0.1) is 6.92 Å². The van der Waals surface area contributed by atoms with E-state index in [9.17, 15) is 4.79 Å². The lowest BCUT2D eigenvalue weighted by Gasteiger charge is -2.34. The second kappa shape index (κ2) is 8.47. The predicted octanol–water partition coefficient (Wildman–Crippen LogP) is 3.99. The Morgan fingerprint density at radius 3 is 2.48 bits per heavy atom.